The van der Waals surface area contributed by atoms with Gasteiger partial charge < -0.3 is 9.73 Å². The first kappa shape index (κ1) is 16.7. The lowest BCUT2D eigenvalue weighted by Crippen LogP contribution is -2.39. The highest BCUT2D eigenvalue weighted by Gasteiger charge is 2.10. The van der Waals surface area contributed by atoms with Crippen LogP contribution in [0.1, 0.15) is 19.6 Å². The van der Waals surface area contributed by atoms with Crippen molar-refractivity contribution in [3.63, 3.8) is 0 Å². The normalized spacial score (nSPS) is 13.2. The van der Waals surface area contributed by atoms with E-state index in [0.717, 1.165) is 17.1 Å². The molecule has 22 heavy (non-hydrogen) atoms. The fraction of sp³-hybridized carbons (Fsp3) is 0.375. The van der Waals surface area contributed by atoms with Crippen molar-refractivity contribution in [3.05, 3.63) is 48.2 Å². The molecule has 0 saturated heterocycles. The fourth-order valence-electron chi connectivity index (χ4n) is 1.93. The van der Waals surface area contributed by atoms with Gasteiger partial charge in [0.05, 0.1) is 12.3 Å². The van der Waals surface area contributed by atoms with Crippen LogP contribution in [0.4, 0.5) is 0 Å². The molecule has 0 radical (unpaired) electrons. The van der Waals surface area contributed by atoms with Crippen LogP contribution in [0.3, 0.4) is 0 Å². The molecule has 1 aromatic heterocycles. The number of rotatable bonds is 8. The lowest BCUT2D eigenvalue weighted by Gasteiger charge is -2.13. The standard InChI is InChI=1S/C16H22N2O3S/c1-3-22(19,20)18-11-13(2)17-12-15-9-10-16(21-15)14-7-5-4-6-8-14/h4-10,13,17-18H,3,11-12H2,1-2H3/t13-/m0/s1. The van der Waals surface area contributed by atoms with Crippen LogP contribution in [-0.4, -0.2) is 26.8 Å². The predicted molar refractivity (Wildman–Crippen MR) is 87.9 cm³/mol. The number of hydrogen-bond acceptors (Lipinski definition) is 4. The maximum Gasteiger partial charge on any atom is 0.211 e. The molecule has 2 aromatic rings. The van der Waals surface area contributed by atoms with Gasteiger partial charge >= 0.3 is 0 Å². The largest absolute Gasteiger partial charge is 0.460 e. The molecule has 0 saturated carbocycles. The summed E-state index contributed by atoms with van der Waals surface area (Å²) in [5.74, 6) is 1.75. The highest BCUT2D eigenvalue weighted by molar-refractivity contribution is 7.89. The van der Waals surface area contributed by atoms with E-state index in [0.29, 0.717) is 13.1 Å². The van der Waals surface area contributed by atoms with Crippen molar-refractivity contribution in [3.8, 4) is 11.3 Å². The number of nitrogens with one attached hydrogen (secondary N) is 2. The van der Waals surface area contributed by atoms with E-state index < -0.39 is 10.0 Å². The Bertz CT molecular complexity index is 680. The smallest absolute Gasteiger partial charge is 0.211 e. The van der Waals surface area contributed by atoms with Crippen LogP contribution in [0.15, 0.2) is 46.9 Å². The molecule has 0 aliphatic heterocycles. The molecular formula is C16H22N2O3S. The molecular weight excluding hydrogens is 300 g/mol. The Labute approximate surface area is 131 Å². The molecule has 0 bridgehead atoms. The summed E-state index contributed by atoms with van der Waals surface area (Å²) in [6.45, 7) is 4.47. The Morgan fingerprint density at radius 1 is 1.14 bits per heavy atom. The van der Waals surface area contributed by atoms with E-state index in [1.807, 2.05) is 49.4 Å². The van der Waals surface area contributed by atoms with Gasteiger partial charge in [0.1, 0.15) is 11.5 Å². The topological polar surface area (TPSA) is 71.3 Å². The van der Waals surface area contributed by atoms with Crippen LogP contribution in [0.25, 0.3) is 11.3 Å². The van der Waals surface area contributed by atoms with E-state index >= 15 is 0 Å². The molecule has 120 valence electrons. The van der Waals surface area contributed by atoms with Crippen molar-refractivity contribution in [2.24, 2.45) is 0 Å². The number of hydrogen-bond donors (Lipinski definition) is 2. The zero-order valence-electron chi connectivity index (χ0n) is 12.9. The maximum atomic E-state index is 11.4. The summed E-state index contributed by atoms with van der Waals surface area (Å²) < 4.78 is 31.1. The zero-order valence-corrected chi connectivity index (χ0v) is 13.7. The molecule has 0 unspecified atom stereocenters. The van der Waals surface area contributed by atoms with Gasteiger partial charge in [-0.05, 0) is 26.0 Å². The van der Waals surface area contributed by atoms with E-state index in [9.17, 15) is 8.42 Å². The van der Waals surface area contributed by atoms with Gasteiger partial charge in [0, 0.05) is 18.2 Å². The molecule has 0 aliphatic rings. The van der Waals surface area contributed by atoms with Gasteiger partial charge in [0.2, 0.25) is 10.0 Å². The summed E-state index contributed by atoms with van der Waals surface area (Å²) in [6, 6.07) is 13.8. The third-order valence-electron chi connectivity index (χ3n) is 3.33. The second-order valence-electron chi connectivity index (χ2n) is 5.17. The molecule has 2 rings (SSSR count). The van der Waals surface area contributed by atoms with E-state index in [1.54, 1.807) is 6.92 Å². The Morgan fingerprint density at radius 2 is 1.86 bits per heavy atom. The third-order valence-corrected chi connectivity index (χ3v) is 4.70. The maximum absolute atomic E-state index is 11.4. The summed E-state index contributed by atoms with van der Waals surface area (Å²) in [5, 5.41) is 3.24. The average molecular weight is 322 g/mol. The van der Waals surface area contributed by atoms with E-state index in [2.05, 4.69) is 10.0 Å². The van der Waals surface area contributed by atoms with E-state index in [-0.39, 0.29) is 11.8 Å². The van der Waals surface area contributed by atoms with Crippen molar-refractivity contribution in [1.82, 2.24) is 10.0 Å². The molecule has 1 aromatic carbocycles. The van der Waals surface area contributed by atoms with E-state index in [1.165, 1.54) is 0 Å². The quantitative estimate of drug-likeness (QED) is 0.783. The summed E-state index contributed by atoms with van der Waals surface area (Å²) in [6.07, 6.45) is 0. The van der Waals surface area contributed by atoms with Crippen LogP contribution in [-0.2, 0) is 16.6 Å². The lowest BCUT2D eigenvalue weighted by molar-refractivity contribution is 0.458. The summed E-state index contributed by atoms with van der Waals surface area (Å²) >= 11 is 0. The van der Waals surface area contributed by atoms with E-state index in [4.69, 9.17) is 4.42 Å². The molecule has 1 heterocycles. The highest BCUT2D eigenvalue weighted by Crippen LogP contribution is 2.21. The van der Waals surface area contributed by atoms with Crippen LogP contribution >= 0.6 is 0 Å². The molecule has 6 heteroatoms. The Morgan fingerprint density at radius 3 is 2.55 bits per heavy atom. The summed E-state index contributed by atoms with van der Waals surface area (Å²) in [5.41, 5.74) is 1.04. The summed E-state index contributed by atoms with van der Waals surface area (Å²) in [4.78, 5) is 0. The Hall–Kier alpha value is -1.63. The monoisotopic (exact) mass is 322 g/mol. The second kappa shape index (κ2) is 7.58. The lowest BCUT2D eigenvalue weighted by atomic mass is 10.2. The first-order valence-corrected chi connectivity index (χ1v) is 9.00. The second-order valence-corrected chi connectivity index (χ2v) is 7.26. The Balaban J connectivity index is 1.84. The minimum Gasteiger partial charge on any atom is -0.460 e. The van der Waals surface area contributed by atoms with Crippen molar-refractivity contribution in [1.29, 1.82) is 0 Å². The van der Waals surface area contributed by atoms with Crippen molar-refractivity contribution in [2.75, 3.05) is 12.3 Å². The minimum absolute atomic E-state index is 0.0200. The van der Waals surface area contributed by atoms with Gasteiger partial charge in [-0.2, -0.15) is 0 Å². The van der Waals surface area contributed by atoms with Crippen molar-refractivity contribution in [2.45, 2.75) is 26.4 Å². The van der Waals surface area contributed by atoms with Gasteiger partial charge in [0.15, 0.2) is 0 Å². The molecule has 0 spiro atoms. The number of benzene rings is 1. The molecule has 0 amide bonds. The van der Waals surface area contributed by atoms with Crippen LogP contribution in [0.2, 0.25) is 0 Å². The van der Waals surface area contributed by atoms with Gasteiger partial charge in [-0.1, -0.05) is 30.3 Å². The zero-order chi connectivity index (χ0) is 16.0. The van der Waals surface area contributed by atoms with Crippen molar-refractivity contribution < 1.29 is 12.8 Å². The molecule has 5 nitrogen and oxygen atoms in total. The van der Waals surface area contributed by atoms with Crippen LogP contribution < -0.4 is 10.0 Å². The number of sulfonamides is 1. The predicted octanol–water partition coefficient (Wildman–Crippen LogP) is 2.36. The molecule has 1 atom stereocenters. The minimum atomic E-state index is -3.14. The number of furan rings is 1. The molecule has 2 N–H and O–H groups in total. The third kappa shape index (κ3) is 4.98. The van der Waals surface area contributed by atoms with Gasteiger partial charge in [-0.15, -0.1) is 0 Å². The summed E-state index contributed by atoms with van der Waals surface area (Å²) in [7, 11) is -3.14. The van der Waals surface area contributed by atoms with Gasteiger partial charge in [0.25, 0.3) is 0 Å². The van der Waals surface area contributed by atoms with Crippen LogP contribution in [0, 0.1) is 0 Å². The van der Waals surface area contributed by atoms with Gasteiger partial charge in [-0.25, -0.2) is 13.1 Å². The Kier molecular flexibility index (Phi) is 5.76. The average Bonchev–Trinajstić information content (AvgIpc) is 3.01. The first-order valence-electron chi connectivity index (χ1n) is 7.35. The first-order chi connectivity index (χ1) is 10.5. The fourth-order valence-corrected chi connectivity index (χ4v) is 2.64. The molecule has 0 fully saturated rings. The van der Waals surface area contributed by atoms with Gasteiger partial charge in [-0.3, -0.25) is 0 Å². The highest BCUT2D eigenvalue weighted by atomic mass is 32.2. The molecule has 0 aliphatic carbocycles. The van der Waals surface area contributed by atoms with Crippen LogP contribution in [0.5, 0.6) is 0 Å². The van der Waals surface area contributed by atoms with Crippen molar-refractivity contribution >= 4 is 10.0 Å². The SMILES string of the molecule is CCS(=O)(=O)NC[C@H](C)NCc1ccc(-c2ccccc2)o1.